The van der Waals surface area contributed by atoms with Crippen LogP contribution >= 0.6 is 11.6 Å². The number of benzene rings is 2. The number of hydrogen-bond acceptors (Lipinski definition) is 4. The van der Waals surface area contributed by atoms with E-state index in [0.717, 1.165) is 18.2 Å². The minimum atomic E-state index is -0.721. The van der Waals surface area contributed by atoms with Crippen LogP contribution in [-0.4, -0.2) is 10.8 Å². The Balaban J connectivity index is 2.35. The van der Waals surface area contributed by atoms with E-state index in [1.54, 1.807) is 0 Å². The zero-order chi connectivity index (χ0) is 15.6. The molecule has 0 aliphatic carbocycles. The van der Waals surface area contributed by atoms with Gasteiger partial charge in [-0.15, -0.1) is 0 Å². The third-order valence-electron chi connectivity index (χ3n) is 2.59. The van der Waals surface area contributed by atoms with Crippen molar-refractivity contribution in [2.75, 3.05) is 11.1 Å². The van der Waals surface area contributed by atoms with Crippen molar-refractivity contribution in [1.82, 2.24) is 0 Å². The summed E-state index contributed by atoms with van der Waals surface area (Å²) in [7, 11) is 0. The van der Waals surface area contributed by atoms with Gasteiger partial charge in [0.2, 0.25) is 0 Å². The number of rotatable bonds is 3. The molecule has 0 bridgehead atoms. The highest BCUT2D eigenvalue weighted by Crippen LogP contribution is 2.26. The highest BCUT2D eigenvalue weighted by atomic mass is 35.5. The van der Waals surface area contributed by atoms with Crippen LogP contribution in [0.1, 0.15) is 10.4 Å². The van der Waals surface area contributed by atoms with E-state index in [2.05, 4.69) is 5.32 Å². The van der Waals surface area contributed by atoms with Crippen LogP contribution in [0.4, 0.5) is 21.5 Å². The summed E-state index contributed by atoms with van der Waals surface area (Å²) in [6.45, 7) is 0. The Labute approximate surface area is 123 Å². The highest BCUT2D eigenvalue weighted by molar-refractivity contribution is 6.31. The average molecular weight is 310 g/mol. The fourth-order valence-electron chi connectivity index (χ4n) is 1.71. The molecule has 0 radical (unpaired) electrons. The Kier molecular flexibility index (Phi) is 4.04. The summed E-state index contributed by atoms with van der Waals surface area (Å²) in [6.07, 6.45) is 0. The van der Waals surface area contributed by atoms with Crippen molar-refractivity contribution in [2.45, 2.75) is 0 Å². The third-order valence-corrected chi connectivity index (χ3v) is 2.80. The van der Waals surface area contributed by atoms with E-state index in [1.807, 2.05) is 0 Å². The summed E-state index contributed by atoms with van der Waals surface area (Å²) in [5.41, 5.74) is 5.27. The van der Waals surface area contributed by atoms with Crippen molar-refractivity contribution < 1.29 is 14.1 Å². The van der Waals surface area contributed by atoms with E-state index >= 15 is 0 Å². The van der Waals surface area contributed by atoms with Gasteiger partial charge in [-0.25, -0.2) is 4.39 Å². The lowest BCUT2D eigenvalue weighted by Gasteiger charge is -2.07. The van der Waals surface area contributed by atoms with Crippen LogP contribution in [0.2, 0.25) is 5.02 Å². The second kappa shape index (κ2) is 5.76. The fraction of sp³-hybridized carbons (Fsp3) is 0. The van der Waals surface area contributed by atoms with Crippen LogP contribution in [0.25, 0.3) is 0 Å². The van der Waals surface area contributed by atoms with Gasteiger partial charge in [0, 0.05) is 28.4 Å². The molecule has 0 atom stereocenters. The van der Waals surface area contributed by atoms with Gasteiger partial charge < -0.3 is 11.1 Å². The van der Waals surface area contributed by atoms with Crippen molar-refractivity contribution in [2.24, 2.45) is 0 Å². The lowest BCUT2D eigenvalue weighted by molar-refractivity contribution is -0.384. The highest BCUT2D eigenvalue weighted by Gasteiger charge is 2.17. The lowest BCUT2D eigenvalue weighted by Crippen LogP contribution is -2.13. The minimum Gasteiger partial charge on any atom is -0.399 e. The monoisotopic (exact) mass is 309 g/mol. The first kappa shape index (κ1) is 14.7. The quantitative estimate of drug-likeness (QED) is 0.516. The van der Waals surface area contributed by atoms with Gasteiger partial charge in [0.05, 0.1) is 4.92 Å². The number of nitro benzene ring substituents is 1. The Morgan fingerprint density at radius 2 is 2.00 bits per heavy atom. The van der Waals surface area contributed by atoms with Crippen molar-refractivity contribution in [3.63, 3.8) is 0 Å². The molecule has 0 saturated carbocycles. The number of anilines is 2. The fourth-order valence-corrected chi connectivity index (χ4v) is 1.95. The number of hydrogen-bond donors (Lipinski definition) is 2. The lowest BCUT2D eigenvalue weighted by atomic mass is 10.1. The molecule has 1 amide bonds. The smallest absolute Gasteiger partial charge is 0.292 e. The third kappa shape index (κ3) is 3.46. The summed E-state index contributed by atoms with van der Waals surface area (Å²) in [5, 5.41) is 13.4. The first-order valence-corrected chi connectivity index (χ1v) is 6.06. The van der Waals surface area contributed by atoms with E-state index < -0.39 is 22.3 Å². The van der Waals surface area contributed by atoms with E-state index in [-0.39, 0.29) is 22.0 Å². The number of nitro groups is 1. The number of carbonyl (C=O) groups is 1. The van der Waals surface area contributed by atoms with Gasteiger partial charge in [0.25, 0.3) is 11.6 Å². The molecule has 0 aliphatic rings. The summed E-state index contributed by atoms with van der Waals surface area (Å²) in [6, 6.07) is 6.92. The zero-order valence-corrected chi connectivity index (χ0v) is 11.2. The number of halogens is 2. The Morgan fingerprint density at radius 3 is 2.62 bits per heavy atom. The van der Waals surface area contributed by atoms with E-state index in [4.69, 9.17) is 17.3 Å². The molecule has 6 nitrogen and oxygen atoms in total. The summed E-state index contributed by atoms with van der Waals surface area (Å²) < 4.78 is 13.2. The predicted molar refractivity (Wildman–Crippen MR) is 76.9 cm³/mol. The second-order valence-corrected chi connectivity index (χ2v) is 4.58. The molecule has 2 rings (SSSR count). The Morgan fingerprint density at radius 1 is 1.29 bits per heavy atom. The SMILES string of the molecule is Nc1cc(Cl)cc(C(=O)Nc2cc(F)ccc2[N+](=O)[O-])c1. The number of nitrogens with zero attached hydrogens (tertiary/aromatic N) is 1. The first-order chi connectivity index (χ1) is 9.86. The first-order valence-electron chi connectivity index (χ1n) is 5.68. The number of carbonyl (C=O) groups excluding carboxylic acids is 1. The molecule has 0 unspecified atom stereocenters. The molecule has 2 aromatic carbocycles. The van der Waals surface area contributed by atoms with Gasteiger partial charge in [-0.1, -0.05) is 11.6 Å². The summed E-state index contributed by atoms with van der Waals surface area (Å²) >= 11 is 5.78. The standard InChI is InChI=1S/C13H9ClFN3O3/c14-8-3-7(4-10(16)5-8)13(19)17-11-6-9(15)1-2-12(11)18(20)21/h1-6H,16H2,(H,17,19). The van der Waals surface area contributed by atoms with Crippen LogP contribution in [-0.2, 0) is 0 Å². The molecule has 0 spiro atoms. The van der Waals surface area contributed by atoms with Crippen LogP contribution in [0.5, 0.6) is 0 Å². The summed E-state index contributed by atoms with van der Waals surface area (Å²) in [5.74, 6) is -1.39. The summed E-state index contributed by atoms with van der Waals surface area (Å²) in [4.78, 5) is 22.2. The molecular formula is C13H9ClFN3O3. The maximum Gasteiger partial charge on any atom is 0.292 e. The van der Waals surface area contributed by atoms with Gasteiger partial charge in [-0.05, 0) is 24.3 Å². The molecule has 2 aromatic rings. The molecule has 8 heteroatoms. The largest absolute Gasteiger partial charge is 0.399 e. The molecule has 108 valence electrons. The van der Waals surface area contributed by atoms with Gasteiger partial charge in [-0.2, -0.15) is 0 Å². The van der Waals surface area contributed by atoms with Crippen LogP contribution in [0.3, 0.4) is 0 Å². The molecule has 0 heterocycles. The normalized spacial score (nSPS) is 10.2. The molecule has 0 aromatic heterocycles. The predicted octanol–water partition coefficient (Wildman–Crippen LogP) is 3.22. The van der Waals surface area contributed by atoms with Gasteiger partial charge in [0.1, 0.15) is 11.5 Å². The Bertz CT molecular complexity index is 716. The molecule has 0 saturated heterocycles. The average Bonchev–Trinajstić information content (AvgIpc) is 2.37. The van der Waals surface area contributed by atoms with Crippen LogP contribution in [0.15, 0.2) is 36.4 Å². The van der Waals surface area contributed by atoms with Gasteiger partial charge in [0.15, 0.2) is 0 Å². The molecular weight excluding hydrogens is 301 g/mol. The topological polar surface area (TPSA) is 98.3 Å². The van der Waals surface area contributed by atoms with Crippen molar-refractivity contribution in [1.29, 1.82) is 0 Å². The number of amides is 1. The molecule has 0 fully saturated rings. The van der Waals surface area contributed by atoms with Crippen molar-refractivity contribution in [3.05, 3.63) is 62.9 Å². The number of nitrogens with one attached hydrogen (secondary N) is 1. The molecule has 0 aliphatic heterocycles. The van der Waals surface area contributed by atoms with Crippen molar-refractivity contribution in [3.8, 4) is 0 Å². The van der Waals surface area contributed by atoms with Crippen LogP contribution in [0, 0.1) is 15.9 Å². The number of nitrogens with two attached hydrogens (primary N) is 1. The van der Waals surface area contributed by atoms with Crippen molar-refractivity contribution >= 4 is 34.6 Å². The second-order valence-electron chi connectivity index (χ2n) is 4.15. The van der Waals surface area contributed by atoms with Gasteiger partial charge >= 0.3 is 0 Å². The van der Waals surface area contributed by atoms with Gasteiger partial charge in [-0.3, -0.25) is 14.9 Å². The maximum atomic E-state index is 13.2. The zero-order valence-electron chi connectivity index (χ0n) is 10.5. The van der Waals surface area contributed by atoms with Crippen LogP contribution < -0.4 is 11.1 Å². The molecule has 21 heavy (non-hydrogen) atoms. The van der Waals surface area contributed by atoms with E-state index in [1.165, 1.54) is 18.2 Å². The van der Waals surface area contributed by atoms with E-state index in [9.17, 15) is 19.3 Å². The number of nitrogen functional groups attached to an aromatic ring is 1. The maximum absolute atomic E-state index is 13.2. The van der Waals surface area contributed by atoms with E-state index in [0.29, 0.717) is 0 Å². The minimum absolute atomic E-state index is 0.110. The molecule has 3 N–H and O–H groups in total. The Hall–Kier alpha value is -2.67.